The van der Waals surface area contributed by atoms with Gasteiger partial charge in [-0.2, -0.15) is 0 Å². The van der Waals surface area contributed by atoms with Gasteiger partial charge in [-0.1, -0.05) is 78.9 Å². The Hall–Kier alpha value is -5.59. The van der Waals surface area contributed by atoms with Crippen molar-refractivity contribution in [1.29, 1.82) is 0 Å². The number of fused-ring (bicyclic) bond motifs is 3. The van der Waals surface area contributed by atoms with Gasteiger partial charge < -0.3 is 40.2 Å². The average Bonchev–Trinajstić information content (AvgIpc) is 3.47. The van der Waals surface area contributed by atoms with Crippen LogP contribution in [0.3, 0.4) is 0 Å². The van der Waals surface area contributed by atoms with Crippen LogP contribution in [0.1, 0.15) is 103 Å². The molecule has 0 saturated heterocycles. The number of alkyl carbamates (subject to hydrolysis) is 3. The summed E-state index contributed by atoms with van der Waals surface area (Å²) in [4.78, 5) is 65.0. The topological polar surface area (TPSA) is 170 Å². The van der Waals surface area contributed by atoms with Gasteiger partial charge in [-0.15, -0.1) is 0 Å². The van der Waals surface area contributed by atoms with Crippen LogP contribution in [0.5, 0.6) is 0 Å². The van der Waals surface area contributed by atoms with Gasteiger partial charge >= 0.3 is 24.2 Å². The molecule has 57 heavy (non-hydrogen) atoms. The van der Waals surface area contributed by atoms with E-state index in [1.807, 2.05) is 78.9 Å². The highest BCUT2D eigenvalue weighted by Gasteiger charge is 2.31. The Balaban J connectivity index is 1.41. The van der Waals surface area contributed by atoms with Gasteiger partial charge in [-0.3, -0.25) is 4.79 Å². The molecular formula is C44H58N4O9. The van der Waals surface area contributed by atoms with Crippen LogP contribution in [0.2, 0.25) is 0 Å². The Kier molecular flexibility index (Phi) is 16.3. The summed E-state index contributed by atoms with van der Waals surface area (Å²) < 4.78 is 22.0. The zero-order valence-corrected chi connectivity index (χ0v) is 34.0. The molecule has 308 valence electrons. The fourth-order valence-corrected chi connectivity index (χ4v) is 6.36. The Morgan fingerprint density at radius 1 is 0.579 bits per heavy atom. The van der Waals surface area contributed by atoms with E-state index >= 15 is 0 Å². The van der Waals surface area contributed by atoms with Gasteiger partial charge in [0.25, 0.3) is 0 Å². The molecule has 3 aromatic rings. The highest BCUT2D eigenvalue weighted by Crippen LogP contribution is 2.44. The van der Waals surface area contributed by atoms with E-state index in [-0.39, 0.29) is 32.0 Å². The first-order valence-corrected chi connectivity index (χ1v) is 19.7. The first-order chi connectivity index (χ1) is 27.1. The zero-order valence-electron chi connectivity index (χ0n) is 34.0. The monoisotopic (exact) mass is 786 g/mol. The molecule has 13 heteroatoms. The van der Waals surface area contributed by atoms with Crippen molar-refractivity contribution in [2.45, 2.75) is 116 Å². The molecule has 4 amide bonds. The van der Waals surface area contributed by atoms with Gasteiger partial charge in [0.1, 0.15) is 36.5 Å². The standard InChI is InChI=1S/C44H58N4O9/c1-43(2,3)56-40(51)45-26-16-14-24-36(48-42(53)55-29-35-33-22-12-10-20-31(33)32-21-11-13-23-34(32)35)38(49)47-37(39(50)54-28-30-18-8-7-9-19-30)25-15-17-27-46-41(52)57-44(4,5)6/h7-13,18-23,35-37H,14-17,24-29H2,1-6H3,(H,45,51)(H,46,52)(H,47,49)(H,48,53)/t36-,37-/m0/s1. The lowest BCUT2D eigenvalue weighted by Crippen LogP contribution is -2.52. The van der Waals surface area contributed by atoms with Gasteiger partial charge in [-0.05, 0) is 108 Å². The van der Waals surface area contributed by atoms with Crippen molar-refractivity contribution in [3.63, 3.8) is 0 Å². The van der Waals surface area contributed by atoms with Crippen LogP contribution in [-0.4, -0.2) is 73.1 Å². The summed E-state index contributed by atoms with van der Waals surface area (Å²) >= 11 is 0. The average molecular weight is 787 g/mol. The summed E-state index contributed by atoms with van der Waals surface area (Å²) in [7, 11) is 0. The normalized spacial score (nSPS) is 13.2. The van der Waals surface area contributed by atoms with Crippen molar-refractivity contribution in [2.75, 3.05) is 19.7 Å². The minimum Gasteiger partial charge on any atom is -0.459 e. The number of rotatable bonds is 18. The van der Waals surface area contributed by atoms with Crippen molar-refractivity contribution in [3.05, 3.63) is 95.6 Å². The molecule has 0 spiro atoms. The van der Waals surface area contributed by atoms with Gasteiger partial charge in [0.15, 0.2) is 0 Å². The van der Waals surface area contributed by atoms with Crippen molar-refractivity contribution < 1.29 is 42.9 Å². The second-order valence-electron chi connectivity index (χ2n) is 16.0. The lowest BCUT2D eigenvalue weighted by Gasteiger charge is -2.23. The number of hydrogen-bond donors (Lipinski definition) is 4. The second-order valence-corrected chi connectivity index (χ2v) is 16.0. The first-order valence-electron chi connectivity index (χ1n) is 19.7. The third-order valence-corrected chi connectivity index (χ3v) is 8.95. The lowest BCUT2D eigenvalue weighted by molar-refractivity contribution is -0.149. The third kappa shape index (κ3) is 15.1. The number of esters is 1. The molecule has 13 nitrogen and oxygen atoms in total. The van der Waals surface area contributed by atoms with E-state index in [4.69, 9.17) is 18.9 Å². The first kappa shape index (κ1) is 44.1. The molecular weight excluding hydrogens is 729 g/mol. The van der Waals surface area contributed by atoms with Crippen molar-refractivity contribution >= 4 is 30.2 Å². The number of nitrogens with one attached hydrogen (secondary N) is 4. The van der Waals surface area contributed by atoms with E-state index in [0.717, 1.165) is 27.8 Å². The van der Waals surface area contributed by atoms with E-state index in [2.05, 4.69) is 21.3 Å². The van der Waals surface area contributed by atoms with E-state index in [0.29, 0.717) is 38.8 Å². The molecule has 0 unspecified atom stereocenters. The van der Waals surface area contributed by atoms with Crippen LogP contribution >= 0.6 is 0 Å². The van der Waals surface area contributed by atoms with E-state index in [1.54, 1.807) is 41.5 Å². The van der Waals surface area contributed by atoms with Crippen LogP contribution < -0.4 is 21.3 Å². The van der Waals surface area contributed by atoms with E-state index < -0.39 is 53.4 Å². The molecule has 0 bridgehead atoms. The van der Waals surface area contributed by atoms with Crippen molar-refractivity contribution in [1.82, 2.24) is 21.3 Å². The molecule has 1 aliphatic rings. The maximum atomic E-state index is 13.9. The number of ether oxygens (including phenoxy) is 4. The van der Waals surface area contributed by atoms with Crippen LogP contribution in [0.4, 0.5) is 14.4 Å². The Morgan fingerprint density at radius 2 is 1.07 bits per heavy atom. The fraction of sp³-hybridized carbons (Fsp3) is 0.477. The predicted octanol–water partition coefficient (Wildman–Crippen LogP) is 7.51. The smallest absolute Gasteiger partial charge is 0.407 e. The Morgan fingerprint density at radius 3 is 1.60 bits per heavy atom. The van der Waals surface area contributed by atoms with E-state index in [9.17, 15) is 24.0 Å². The van der Waals surface area contributed by atoms with Gasteiger partial charge in [0, 0.05) is 19.0 Å². The van der Waals surface area contributed by atoms with Gasteiger partial charge in [0.05, 0.1) is 0 Å². The largest absolute Gasteiger partial charge is 0.459 e. The number of carbonyl (C=O) groups excluding carboxylic acids is 5. The number of benzene rings is 3. The number of carbonyl (C=O) groups is 5. The minimum absolute atomic E-state index is 0.0122. The van der Waals surface area contributed by atoms with Gasteiger partial charge in [0.2, 0.25) is 5.91 Å². The van der Waals surface area contributed by atoms with Crippen LogP contribution in [0, 0.1) is 0 Å². The lowest BCUT2D eigenvalue weighted by atomic mass is 9.98. The summed E-state index contributed by atoms with van der Waals surface area (Å²) in [5.74, 6) is -1.39. The summed E-state index contributed by atoms with van der Waals surface area (Å²) in [5.41, 5.74) is 3.78. The molecule has 4 N–H and O–H groups in total. The zero-order chi connectivity index (χ0) is 41.4. The summed E-state index contributed by atoms with van der Waals surface area (Å²) in [6, 6.07) is 23.1. The molecule has 0 radical (unpaired) electrons. The van der Waals surface area contributed by atoms with Gasteiger partial charge in [-0.25, -0.2) is 19.2 Å². The molecule has 0 aliphatic heterocycles. The molecule has 0 aromatic heterocycles. The Bertz CT molecular complexity index is 1760. The highest BCUT2D eigenvalue weighted by molar-refractivity contribution is 5.89. The second kappa shape index (κ2) is 21.1. The molecule has 2 atom stereocenters. The quantitative estimate of drug-likeness (QED) is 0.0579. The summed E-state index contributed by atoms with van der Waals surface area (Å²) in [6.45, 7) is 11.3. The molecule has 4 rings (SSSR count). The number of amides is 4. The maximum Gasteiger partial charge on any atom is 0.407 e. The molecule has 1 aliphatic carbocycles. The maximum absolute atomic E-state index is 13.9. The van der Waals surface area contributed by atoms with Crippen molar-refractivity contribution in [3.8, 4) is 11.1 Å². The summed E-state index contributed by atoms with van der Waals surface area (Å²) in [5, 5.41) is 11.0. The third-order valence-electron chi connectivity index (χ3n) is 8.95. The minimum atomic E-state index is -1.07. The SMILES string of the molecule is CC(C)(C)OC(=O)NCCCC[C@H](NC(=O)OCC1c2ccccc2-c2ccccc21)C(=O)N[C@@H](CCCCNC(=O)OC(C)(C)C)C(=O)OCc1ccccc1. The Labute approximate surface area is 335 Å². The van der Waals surface area contributed by atoms with Crippen LogP contribution in [0.25, 0.3) is 11.1 Å². The number of unbranched alkanes of at least 4 members (excludes halogenated alkanes) is 2. The fourth-order valence-electron chi connectivity index (χ4n) is 6.36. The molecule has 0 fully saturated rings. The van der Waals surface area contributed by atoms with Crippen molar-refractivity contribution in [2.24, 2.45) is 0 Å². The molecule has 0 heterocycles. The highest BCUT2D eigenvalue weighted by atomic mass is 16.6. The van der Waals surface area contributed by atoms with E-state index in [1.165, 1.54) is 0 Å². The predicted molar refractivity (Wildman–Crippen MR) is 216 cm³/mol. The van der Waals surface area contributed by atoms with Crippen LogP contribution in [-0.2, 0) is 35.1 Å². The summed E-state index contributed by atoms with van der Waals surface area (Å²) in [6.07, 6.45) is 0.431. The molecule has 3 aromatic carbocycles. The number of hydrogen-bond acceptors (Lipinski definition) is 9. The van der Waals surface area contributed by atoms with Crippen LogP contribution in [0.15, 0.2) is 78.9 Å². The molecule has 0 saturated carbocycles.